The zero-order valence-corrected chi connectivity index (χ0v) is 12.2. The number of sulfonamides is 1. The third-order valence-electron chi connectivity index (χ3n) is 2.02. The Morgan fingerprint density at radius 1 is 1.35 bits per heavy atom. The van der Waals surface area contributed by atoms with Crippen LogP contribution in [0, 0.1) is 0 Å². The maximum Gasteiger partial charge on any atom is 0.242 e. The van der Waals surface area contributed by atoms with Gasteiger partial charge in [-0.2, -0.15) is 0 Å². The molecule has 0 radical (unpaired) electrons. The standard InChI is InChI=1S/C10H12Cl3NO2S/c1-7(11)4-5-14-17(15,16)10-6-8(12)2-3-9(10)13/h2-3,6-7,14H,4-5H2,1H3. The maximum atomic E-state index is 11.9. The first kappa shape index (κ1) is 15.1. The van der Waals surface area contributed by atoms with Crippen LogP contribution >= 0.6 is 34.8 Å². The number of hydrogen-bond donors (Lipinski definition) is 1. The molecule has 1 N–H and O–H groups in total. The zero-order chi connectivity index (χ0) is 13.1. The van der Waals surface area contributed by atoms with Gasteiger partial charge >= 0.3 is 0 Å². The fraction of sp³-hybridized carbons (Fsp3) is 0.400. The summed E-state index contributed by atoms with van der Waals surface area (Å²) >= 11 is 17.3. The predicted octanol–water partition coefficient (Wildman–Crippen LogP) is 3.29. The lowest BCUT2D eigenvalue weighted by atomic mass is 10.3. The molecule has 0 fully saturated rings. The summed E-state index contributed by atoms with van der Waals surface area (Å²) in [7, 11) is -3.63. The number of nitrogens with one attached hydrogen (secondary N) is 1. The van der Waals surface area contributed by atoms with Gasteiger partial charge in [-0.3, -0.25) is 0 Å². The lowest BCUT2D eigenvalue weighted by molar-refractivity contribution is 0.579. The van der Waals surface area contributed by atoms with E-state index in [4.69, 9.17) is 34.8 Å². The summed E-state index contributed by atoms with van der Waals surface area (Å²) in [5, 5.41) is 0.369. The number of benzene rings is 1. The highest BCUT2D eigenvalue weighted by molar-refractivity contribution is 7.89. The Labute approximate surface area is 116 Å². The monoisotopic (exact) mass is 315 g/mol. The van der Waals surface area contributed by atoms with Gasteiger partial charge in [0.05, 0.1) is 5.02 Å². The summed E-state index contributed by atoms with van der Waals surface area (Å²) in [4.78, 5) is -0.0195. The lowest BCUT2D eigenvalue weighted by Gasteiger charge is -2.09. The molecular weight excluding hydrogens is 305 g/mol. The fourth-order valence-corrected chi connectivity index (χ4v) is 3.07. The molecule has 0 amide bonds. The van der Waals surface area contributed by atoms with Gasteiger partial charge in [0, 0.05) is 16.9 Å². The van der Waals surface area contributed by atoms with Gasteiger partial charge in [0.1, 0.15) is 4.90 Å². The molecule has 3 nitrogen and oxygen atoms in total. The van der Waals surface area contributed by atoms with Crippen LogP contribution in [0.3, 0.4) is 0 Å². The SMILES string of the molecule is CC(Cl)CCNS(=O)(=O)c1cc(Cl)ccc1Cl. The molecule has 1 unspecified atom stereocenters. The molecule has 1 atom stereocenters. The van der Waals surface area contributed by atoms with Gasteiger partial charge in [-0.25, -0.2) is 13.1 Å². The van der Waals surface area contributed by atoms with E-state index in [2.05, 4.69) is 4.72 Å². The average molecular weight is 317 g/mol. The maximum absolute atomic E-state index is 11.9. The van der Waals surface area contributed by atoms with Crippen molar-refractivity contribution in [3.8, 4) is 0 Å². The number of hydrogen-bond acceptors (Lipinski definition) is 2. The molecule has 0 aliphatic heterocycles. The van der Waals surface area contributed by atoms with E-state index in [-0.39, 0.29) is 21.8 Å². The molecule has 96 valence electrons. The molecule has 0 aliphatic carbocycles. The van der Waals surface area contributed by atoms with Crippen molar-refractivity contribution in [3.05, 3.63) is 28.2 Å². The molecule has 0 spiro atoms. The normalized spacial score (nSPS) is 13.6. The summed E-state index contributed by atoms with van der Waals surface area (Å²) in [6.07, 6.45) is 0.541. The third kappa shape index (κ3) is 4.64. The van der Waals surface area contributed by atoms with Gasteiger partial charge in [0.15, 0.2) is 0 Å². The summed E-state index contributed by atoms with van der Waals surface area (Å²) in [5.74, 6) is 0. The van der Waals surface area contributed by atoms with E-state index in [0.717, 1.165) is 0 Å². The molecule has 1 aromatic rings. The molecule has 0 saturated carbocycles. The molecular formula is C10H12Cl3NO2S. The molecule has 0 heterocycles. The van der Waals surface area contributed by atoms with Crippen molar-refractivity contribution < 1.29 is 8.42 Å². The third-order valence-corrected chi connectivity index (χ3v) is 4.41. The predicted molar refractivity (Wildman–Crippen MR) is 71.6 cm³/mol. The van der Waals surface area contributed by atoms with Crippen LogP contribution in [0.5, 0.6) is 0 Å². The van der Waals surface area contributed by atoms with Crippen molar-refractivity contribution >= 4 is 44.8 Å². The van der Waals surface area contributed by atoms with Gasteiger partial charge in [-0.1, -0.05) is 23.2 Å². The van der Waals surface area contributed by atoms with Crippen molar-refractivity contribution in [2.24, 2.45) is 0 Å². The molecule has 0 aromatic heterocycles. The van der Waals surface area contributed by atoms with Crippen LogP contribution in [0.4, 0.5) is 0 Å². The minimum atomic E-state index is -3.63. The van der Waals surface area contributed by atoms with Crippen LogP contribution in [0.2, 0.25) is 10.0 Å². The van der Waals surface area contributed by atoms with E-state index in [1.807, 2.05) is 0 Å². The Kier molecular flexibility index (Phi) is 5.54. The Bertz CT molecular complexity index is 488. The second-order valence-corrected chi connectivity index (χ2v) is 6.87. The minimum Gasteiger partial charge on any atom is -0.211 e. The molecule has 0 bridgehead atoms. The quantitative estimate of drug-likeness (QED) is 0.847. The summed E-state index contributed by atoms with van der Waals surface area (Å²) in [6.45, 7) is 2.05. The second-order valence-electron chi connectivity index (χ2n) is 3.54. The van der Waals surface area contributed by atoms with Crippen LogP contribution in [0.1, 0.15) is 13.3 Å². The summed E-state index contributed by atoms with van der Waals surface area (Å²) in [5.41, 5.74) is 0. The van der Waals surface area contributed by atoms with E-state index in [0.29, 0.717) is 11.4 Å². The highest BCUT2D eigenvalue weighted by atomic mass is 35.5. The van der Waals surface area contributed by atoms with E-state index < -0.39 is 10.0 Å². The van der Waals surface area contributed by atoms with E-state index in [9.17, 15) is 8.42 Å². The topological polar surface area (TPSA) is 46.2 Å². The van der Waals surface area contributed by atoms with Crippen LogP contribution in [-0.4, -0.2) is 20.3 Å². The summed E-state index contributed by atoms with van der Waals surface area (Å²) in [6, 6.07) is 4.29. The molecule has 7 heteroatoms. The van der Waals surface area contributed by atoms with Gasteiger partial charge in [-0.05, 0) is 31.5 Å². The van der Waals surface area contributed by atoms with Crippen molar-refractivity contribution in [3.63, 3.8) is 0 Å². The molecule has 1 rings (SSSR count). The molecule has 1 aromatic carbocycles. The van der Waals surface area contributed by atoms with Gasteiger partial charge in [-0.15, -0.1) is 11.6 Å². The highest BCUT2D eigenvalue weighted by Gasteiger charge is 2.17. The molecule has 0 saturated heterocycles. The Hall–Kier alpha value is -0.000000000000000111. The van der Waals surface area contributed by atoms with Crippen molar-refractivity contribution in [1.29, 1.82) is 0 Å². The van der Waals surface area contributed by atoms with E-state index >= 15 is 0 Å². The number of halogens is 3. The second kappa shape index (κ2) is 6.25. The van der Waals surface area contributed by atoms with Crippen LogP contribution in [0.15, 0.2) is 23.1 Å². The van der Waals surface area contributed by atoms with Crippen LogP contribution in [0.25, 0.3) is 0 Å². The largest absolute Gasteiger partial charge is 0.242 e. The first-order valence-electron chi connectivity index (χ1n) is 4.91. The van der Waals surface area contributed by atoms with Gasteiger partial charge in [0.25, 0.3) is 0 Å². The van der Waals surface area contributed by atoms with E-state index in [1.165, 1.54) is 18.2 Å². The smallest absolute Gasteiger partial charge is 0.211 e. The number of alkyl halides is 1. The van der Waals surface area contributed by atoms with Gasteiger partial charge < -0.3 is 0 Å². The van der Waals surface area contributed by atoms with Crippen molar-refractivity contribution in [2.75, 3.05) is 6.54 Å². The minimum absolute atomic E-state index is 0.0195. The molecule has 0 aliphatic rings. The van der Waals surface area contributed by atoms with Crippen LogP contribution in [-0.2, 0) is 10.0 Å². The summed E-state index contributed by atoms with van der Waals surface area (Å²) < 4.78 is 26.2. The number of rotatable bonds is 5. The Balaban J connectivity index is 2.86. The van der Waals surface area contributed by atoms with Crippen molar-refractivity contribution in [1.82, 2.24) is 4.72 Å². The Morgan fingerprint density at radius 3 is 2.59 bits per heavy atom. The zero-order valence-electron chi connectivity index (χ0n) is 9.08. The highest BCUT2D eigenvalue weighted by Crippen LogP contribution is 2.24. The van der Waals surface area contributed by atoms with Gasteiger partial charge in [0.2, 0.25) is 10.0 Å². The molecule has 17 heavy (non-hydrogen) atoms. The average Bonchev–Trinajstić information content (AvgIpc) is 2.20. The first-order valence-corrected chi connectivity index (χ1v) is 7.59. The fourth-order valence-electron chi connectivity index (χ4n) is 1.15. The van der Waals surface area contributed by atoms with Crippen molar-refractivity contribution in [2.45, 2.75) is 23.6 Å². The van der Waals surface area contributed by atoms with Crippen LogP contribution < -0.4 is 4.72 Å². The Morgan fingerprint density at radius 2 is 2.00 bits per heavy atom. The van der Waals surface area contributed by atoms with E-state index in [1.54, 1.807) is 6.92 Å². The first-order chi connectivity index (χ1) is 7.83. The lowest BCUT2D eigenvalue weighted by Crippen LogP contribution is -2.26.